The molecule has 2 aromatic carbocycles. The van der Waals surface area contributed by atoms with Gasteiger partial charge in [-0.05, 0) is 26.3 Å². The van der Waals surface area contributed by atoms with Gasteiger partial charge in [0.25, 0.3) is 17.6 Å². The lowest BCUT2D eigenvalue weighted by Gasteiger charge is -2.34. The average molecular weight is 434 g/mol. The van der Waals surface area contributed by atoms with Gasteiger partial charge in [0.1, 0.15) is 5.76 Å². The van der Waals surface area contributed by atoms with E-state index in [1.54, 1.807) is 54.5 Å². The fraction of sp³-hybridized carbons (Fsp3) is 0.320. The summed E-state index contributed by atoms with van der Waals surface area (Å²) in [5, 5.41) is 11.3. The van der Waals surface area contributed by atoms with Crippen LogP contribution in [0, 0.1) is 6.92 Å². The van der Waals surface area contributed by atoms with E-state index in [-0.39, 0.29) is 17.9 Å². The first-order valence-electron chi connectivity index (χ1n) is 10.7. The molecule has 1 fully saturated rings. The number of hydrogen-bond donors (Lipinski definition) is 1. The van der Waals surface area contributed by atoms with Gasteiger partial charge < -0.3 is 19.6 Å². The van der Waals surface area contributed by atoms with Crippen molar-refractivity contribution in [2.45, 2.75) is 25.8 Å². The number of likely N-dealkylation sites (tertiary alicyclic amines) is 1. The molecular weight excluding hydrogens is 408 g/mol. The van der Waals surface area contributed by atoms with Crippen molar-refractivity contribution in [3.8, 4) is 0 Å². The minimum absolute atomic E-state index is 0.140. The number of rotatable bonds is 6. The zero-order chi connectivity index (χ0) is 23.0. The van der Waals surface area contributed by atoms with Crippen LogP contribution >= 0.6 is 0 Å². The smallest absolute Gasteiger partial charge is 0.296 e. The number of amides is 2. The third-order valence-corrected chi connectivity index (χ3v) is 6.18. The van der Waals surface area contributed by atoms with E-state index in [1.807, 2.05) is 19.9 Å². The number of carbonyl (C=O) groups is 3. The zero-order valence-corrected chi connectivity index (χ0v) is 18.4. The largest absolute Gasteiger partial charge is 0.507 e. The number of ether oxygens (including phenoxy) is 1. The van der Waals surface area contributed by atoms with E-state index in [0.717, 1.165) is 5.56 Å². The second-order valence-electron chi connectivity index (χ2n) is 8.00. The number of aryl methyl sites for hydroxylation is 1. The van der Waals surface area contributed by atoms with Crippen LogP contribution in [0.1, 0.15) is 30.0 Å². The minimum atomic E-state index is -1.70. The first kappa shape index (κ1) is 21.8. The van der Waals surface area contributed by atoms with Gasteiger partial charge in [-0.15, -0.1) is 0 Å². The van der Waals surface area contributed by atoms with Crippen molar-refractivity contribution in [3.63, 3.8) is 0 Å². The van der Waals surface area contributed by atoms with Crippen LogP contribution in [0.3, 0.4) is 0 Å². The molecule has 0 saturated carbocycles. The Balaban J connectivity index is 2.02. The molecule has 2 aliphatic rings. The number of methoxy groups -OCH3 is 1. The maximum absolute atomic E-state index is 14.0. The number of aliphatic hydroxyl groups excluding tert-OH is 1. The summed E-state index contributed by atoms with van der Waals surface area (Å²) in [7, 11) is 1.55. The Morgan fingerprint density at radius 1 is 1.06 bits per heavy atom. The Morgan fingerprint density at radius 2 is 1.75 bits per heavy atom. The van der Waals surface area contributed by atoms with Crippen LogP contribution in [-0.4, -0.2) is 54.4 Å². The van der Waals surface area contributed by atoms with E-state index >= 15 is 0 Å². The second kappa shape index (κ2) is 8.24. The zero-order valence-electron chi connectivity index (χ0n) is 18.4. The van der Waals surface area contributed by atoms with Gasteiger partial charge in [0.05, 0.1) is 11.3 Å². The summed E-state index contributed by atoms with van der Waals surface area (Å²) in [5.41, 5.74) is 0.632. The summed E-state index contributed by atoms with van der Waals surface area (Å²) in [5.74, 6) is -2.41. The van der Waals surface area contributed by atoms with Gasteiger partial charge in [-0.25, -0.2) is 0 Å². The van der Waals surface area contributed by atoms with Gasteiger partial charge >= 0.3 is 0 Å². The number of para-hydroxylation sites is 1. The normalized spacial score (nSPS) is 21.7. The molecule has 0 bridgehead atoms. The second-order valence-corrected chi connectivity index (χ2v) is 8.00. The number of benzene rings is 2. The van der Waals surface area contributed by atoms with Gasteiger partial charge in [-0.2, -0.15) is 0 Å². The number of hydrogen-bond acceptors (Lipinski definition) is 5. The van der Waals surface area contributed by atoms with Crippen LogP contribution in [0.15, 0.2) is 54.1 Å². The third kappa shape index (κ3) is 2.96. The van der Waals surface area contributed by atoms with Crippen molar-refractivity contribution in [3.05, 3.63) is 70.8 Å². The van der Waals surface area contributed by atoms with Crippen LogP contribution in [0.25, 0.3) is 5.76 Å². The van der Waals surface area contributed by atoms with Crippen molar-refractivity contribution >= 4 is 29.0 Å². The molecule has 1 spiro atoms. The molecule has 4 rings (SSSR count). The molecule has 166 valence electrons. The highest BCUT2D eigenvalue weighted by atomic mass is 16.5. The summed E-state index contributed by atoms with van der Waals surface area (Å²) < 4.78 is 5.13. The predicted molar refractivity (Wildman–Crippen MR) is 120 cm³/mol. The molecule has 32 heavy (non-hydrogen) atoms. The monoisotopic (exact) mass is 434 g/mol. The van der Waals surface area contributed by atoms with Crippen molar-refractivity contribution in [2.24, 2.45) is 0 Å². The Labute approximate surface area is 186 Å². The Bertz CT molecular complexity index is 1120. The lowest BCUT2D eigenvalue weighted by atomic mass is 9.81. The highest BCUT2D eigenvalue weighted by Crippen LogP contribution is 2.53. The molecule has 2 aliphatic heterocycles. The summed E-state index contributed by atoms with van der Waals surface area (Å²) in [6.07, 6.45) is 0.442. The molecule has 2 heterocycles. The van der Waals surface area contributed by atoms with Gasteiger partial charge in [0.15, 0.2) is 5.54 Å². The fourth-order valence-corrected chi connectivity index (χ4v) is 4.70. The number of fused-ring (bicyclic) bond motifs is 2. The van der Waals surface area contributed by atoms with Crippen LogP contribution in [0.5, 0.6) is 0 Å². The number of nitrogens with zero attached hydrogens (tertiary/aromatic N) is 2. The quantitative estimate of drug-likeness (QED) is 0.327. The molecule has 0 aromatic heterocycles. The molecule has 2 aromatic rings. The number of Topliss-reactive ketones (excluding diaryl/α,β-unsaturated/α-hetero) is 1. The third-order valence-electron chi connectivity index (χ3n) is 6.18. The minimum Gasteiger partial charge on any atom is -0.507 e. The van der Waals surface area contributed by atoms with E-state index in [4.69, 9.17) is 4.74 Å². The Morgan fingerprint density at radius 3 is 2.41 bits per heavy atom. The predicted octanol–water partition coefficient (Wildman–Crippen LogP) is 2.97. The summed E-state index contributed by atoms with van der Waals surface area (Å²) in [6.45, 7) is 4.62. The van der Waals surface area contributed by atoms with E-state index in [1.165, 1.54) is 4.90 Å². The summed E-state index contributed by atoms with van der Waals surface area (Å²) in [6, 6.07) is 14.1. The van der Waals surface area contributed by atoms with Gasteiger partial charge in [0, 0.05) is 37.9 Å². The number of anilines is 1. The number of ketones is 1. The van der Waals surface area contributed by atoms with E-state index in [2.05, 4.69) is 0 Å². The molecule has 0 aliphatic carbocycles. The highest BCUT2D eigenvalue weighted by Gasteiger charge is 2.66. The number of aliphatic hydroxyl groups is 1. The summed E-state index contributed by atoms with van der Waals surface area (Å²) >= 11 is 0. The summed E-state index contributed by atoms with van der Waals surface area (Å²) in [4.78, 5) is 43.4. The maximum atomic E-state index is 14.0. The van der Waals surface area contributed by atoms with E-state index in [9.17, 15) is 19.5 Å². The Hall–Kier alpha value is -3.45. The molecule has 7 heteroatoms. The number of likely N-dealkylation sites (N-methyl/N-ethyl adjacent to an activating group) is 1. The topological polar surface area (TPSA) is 87.2 Å². The van der Waals surface area contributed by atoms with Crippen molar-refractivity contribution in [1.29, 1.82) is 0 Å². The SMILES string of the molecule is CCN1C(=O)[C@]2(C(=C(O)c3ccc(C)cc3)C(=O)C(=O)N2CCCOC)c2ccccc21. The maximum Gasteiger partial charge on any atom is 0.296 e. The first-order chi connectivity index (χ1) is 15.4. The standard InChI is InChI=1S/C25H26N2O5/c1-4-26-19-9-6-5-8-18(19)25(24(26)31)20(21(28)17-12-10-16(2)11-13-17)22(29)23(30)27(25)14-7-15-32-3/h5-6,8-13,28H,4,7,14-15H2,1-3H3/t25-/m1/s1. The molecule has 1 atom stereocenters. The van der Waals surface area contributed by atoms with Crippen LogP contribution in [0.4, 0.5) is 5.69 Å². The van der Waals surface area contributed by atoms with Crippen LogP contribution in [0.2, 0.25) is 0 Å². The van der Waals surface area contributed by atoms with Gasteiger partial charge in [0.2, 0.25) is 0 Å². The highest BCUT2D eigenvalue weighted by molar-refractivity contribution is 6.50. The molecule has 1 saturated heterocycles. The van der Waals surface area contributed by atoms with Crippen molar-refractivity contribution in [2.75, 3.05) is 31.7 Å². The van der Waals surface area contributed by atoms with Gasteiger partial charge in [-0.1, -0.05) is 48.0 Å². The van der Waals surface area contributed by atoms with E-state index in [0.29, 0.717) is 36.4 Å². The molecule has 0 unspecified atom stereocenters. The average Bonchev–Trinajstić information content (AvgIpc) is 3.17. The lowest BCUT2D eigenvalue weighted by molar-refractivity contribution is -0.143. The van der Waals surface area contributed by atoms with Crippen LogP contribution in [-0.2, 0) is 24.7 Å². The molecule has 1 N–H and O–H groups in total. The fourth-order valence-electron chi connectivity index (χ4n) is 4.70. The first-order valence-corrected chi connectivity index (χ1v) is 10.7. The molecular formula is C25H26N2O5. The lowest BCUT2D eigenvalue weighted by Crippen LogP contribution is -2.52. The molecule has 2 amide bonds. The van der Waals surface area contributed by atoms with Crippen molar-refractivity contribution in [1.82, 2.24) is 4.90 Å². The molecule has 7 nitrogen and oxygen atoms in total. The van der Waals surface area contributed by atoms with Crippen molar-refractivity contribution < 1.29 is 24.2 Å². The number of carbonyl (C=O) groups excluding carboxylic acids is 3. The van der Waals surface area contributed by atoms with Gasteiger partial charge in [-0.3, -0.25) is 14.4 Å². The van der Waals surface area contributed by atoms with Crippen LogP contribution < -0.4 is 4.90 Å². The Kier molecular flexibility index (Phi) is 5.60. The van der Waals surface area contributed by atoms with E-state index < -0.39 is 23.1 Å². The molecule has 0 radical (unpaired) electrons.